The maximum Gasteiger partial charge on any atom is 0.270 e. The van der Waals surface area contributed by atoms with Gasteiger partial charge in [-0.25, -0.2) is 4.98 Å². The summed E-state index contributed by atoms with van der Waals surface area (Å²) < 4.78 is 6.38. The molecular formula is C24H14Cl3N3O2S. The van der Waals surface area contributed by atoms with E-state index in [4.69, 9.17) is 44.3 Å². The van der Waals surface area contributed by atoms with Crippen LogP contribution >= 0.6 is 46.1 Å². The molecule has 5 rings (SSSR count). The van der Waals surface area contributed by atoms with Crippen molar-refractivity contribution in [3.05, 3.63) is 93.1 Å². The molecule has 3 aromatic carbocycles. The third kappa shape index (κ3) is 4.00. The second-order valence-electron chi connectivity index (χ2n) is 7.14. The third-order valence-electron chi connectivity index (χ3n) is 5.02. The van der Waals surface area contributed by atoms with E-state index in [-0.39, 0.29) is 17.2 Å². The fourth-order valence-electron chi connectivity index (χ4n) is 3.52. The number of carbonyl (C=O) groups excluding carboxylic acids is 1. The van der Waals surface area contributed by atoms with Gasteiger partial charge in [-0.3, -0.25) is 9.69 Å². The molecule has 1 amide bonds. The van der Waals surface area contributed by atoms with Crippen LogP contribution in [0.15, 0.2) is 71.3 Å². The Bertz CT molecular complexity index is 1460. The molecule has 33 heavy (non-hydrogen) atoms. The molecular weight excluding hydrogens is 501 g/mol. The van der Waals surface area contributed by atoms with Crippen molar-refractivity contribution in [2.75, 3.05) is 4.90 Å². The lowest BCUT2D eigenvalue weighted by Crippen LogP contribution is -2.26. The molecule has 0 aliphatic heterocycles. The zero-order chi connectivity index (χ0) is 23.1. The summed E-state index contributed by atoms with van der Waals surface area (Å²) in [6.45, 7) is 1.67. The molecule has 0 unspecified atom stereocenters. The highest BCUT2D eigenvalue weighted by molar-refractivity contribution is 7.22. The number of rotatable bonds is 4. The van der Waals surface area contributed by atoms with Crippen LogP contribution in [0, 0.1) is 6.92 Å². The maximum absolute atomic E-state index is 14.1. The van der Waals surface area contributed by atoms with Crippen molar-refractivity contribution in [3.8, 4) is 11.3 Å². The zero-order valence-electron chi connectivity index (χ0n) is 17.1. The Hall–Kier alpha value is -2.90. The van der Waals surface area contributed by atoms with E-state index < -0.39 is 0 Å². The van der Waals surface area contributed by atoms with Crippen molar-refractivity contribution >= 4 is 73.1 Å². The van der Waals surface area contributed by atoms with Crippen LogP contribution < -0.4 is 4.90 Å². The Labute approximate surface area is 208 Å². The van der Waals surface area contributed by atoms with Gasteiger partial charge in [-0.15, -0.1) is 0 Å². The summed E-state index contributed by atoms with van der Waals surface area (Å²) in [5.41, 5.74) is 2.28. The number of hydrogen-bond donors (Lipinski definition) is 0. The molecule has 0 spiro atoms. The van der Waals surface area contributed by atoms with E-state index in [1.807, 2.05) is 24.3 Å². The van der Waals surface area contributed by atoms with Crippen LogP contribution in [0.1, 0.15) is 16.1 Å². The molecule has 0 radical (unpaired) electrons. The van der Waals surface area contributed by atoms with Crippen LogP contribution in [0.3, 0.4) is 0 Å². The van der Waals surface area contributed by atoms with Crippen molar-refractivity contribution in [1.29, 1.82) is 0 Å². The molecule has 2 heterocycles. The van der Waals surface area contributed by atoms with Gasteiger partial charge >= 0.3 is 0 Å². The Morgan fingerprint density at radius 2 is 1.70 bits per heavy atom. The first-order valence-corrected chi connectivity index (χ1v) is 11.8. The Morgan fingerprint density at radius 1 is 0.970 bits per heavy atom. The van der Waals surface area contributed by atoms with E-state index in [1.165, 1.54) is 16.2 Å². The van der Waals surface area contributed by atoms with Gasteiger partial charge in [-0.1, -0.05) is 75.6 Å². The van der Waals surface area contributed by atoms with E-state index in [2.05, 4.69) is 5.16 Å². The van der Waals surface area contributed by atoms with Crippen LogP contribution in [0.5, 0.6) is 0 Å². The van der Waals surface area contributed by atoms with Gasteiger partial charge in [-0.05, 0) is 49.4 Å². The molecule has 0 atom stereocenters. The lowest BCUT2D eigenvalue weighted by atomic mass is 10.0. The number of halogens is 3. The molecule has 0 fully saturated rings. The Balaban J connectivity index is 1.72. The average Bonchev–Trinajstić information content (AvgIpc) is 3.37. The number of anilines is 2. The number of fused-ring (bicyclic) bond motifs is 1. The van der Waals surface area contributed by atoms with Gasteiger partial charge in [0.1, 0.15) is 17.0 Å². The van der Waals surface area contributed by atoms with Crippen molar-refractivity contribution in [2.24, 2.45) is 0 Å². The van der Waals surface area contributed by atoms with E-state index in [9.17, 15) is 4.79 Å². The lowest BCUT2D eigenvalue weighted by molar-refractivity contribution is 0.0998. The topological polar surface area (TPSA) is 59.2 Å². The largest absolute Gasteiger partial charge is 0.360 e. The van der Waals surface area contributed by atoms with Crippen LogP contribution in [-0.2, 0) is 0 Å². The number of para-hydroxylation sites is 1. The molecule has 0 aliphatic rings. The van der Waals surface area contributed by atoms with E-state index in [1.54, 1.807) is 49.4 Å². The molecule has 5 aromatic rings. The van der Waals surface area contributed by atoms with Crippen LogP contribution in [0.25, 0.3) is 21.5 Å². The highest BCUT2D eigenvalue weighted by Crippen LogP contribution is 2.40. The summed E-state index contributed by atoms with van der Waals surface area (Å²) in [7, 11) is 0. The third-order valence-corrected chi connectivity index (χ3v) is 6.91. The van der Waals surface area contributed by atoms with Gasteiger partial charge in [0, 0.05) is 10.6 Å². The first-order valence-electron chi connectivity index (χ1n) is 9.80. The molecule has 0 saturated heterocycles. The number of nitrogens with zero attached hydrogens (tertiary/aromatic N) is 3. The van der Waals surface area contributed by atoms with E-state index in [0.717, 1.165) is 10.2 Å². The molecule has 0 saturated carbocycles. The first-order chi connectivity index (χ1) is 15.9. The quantitative estimate of drug-likeness (QED) is 0.242. The number of aryl methyl sites for hydroxylation is 1. The van der Waals surface area contributed by atoms with Crippen molar-refractivity contribution in [1.82, 2.24) is 10.1 Å². The van der Waals surface area contributed by atoms with Crippen molar-refractivity contribution in [3.63, 3.8) is 0 Å². The van der Waals surface area contributed by atoms with Gasteiger partial charge in [0.2, 0.25) is 0 Å². The summed E-state index contributed by atoms with van der Waals surface area (Å²) >= 11 is 20.5. The summed E-state index contributed by atoms with van der Waals surface area (Å²) in [4.78, 5) is 20.3. The Kier molecular flexibility index (Phi) is 5.85. The minimum Gasteiger partial charge on any atom is -0.360 e. The number of carbonyl (C=O) groups is 1. The molecule has 0 bridgehead atoms. The second kappa shape index (κ2) is 8.80. The van der Waals surface area contributed by atoms with Crippen LogP contribution in [0.4, 0.5) is 10.8 Å². The lowest BCUT2D eigenvalue weighted by Gasteiger charge is -2.20. The summed E-state index contributed by atoms with van der Waals surface area (Å²) in [6, 6.07) is 19.8. The van der Waals surface area contributed by atoms with E-state index in [0.29, 0.717) is 37.2 Å². The molecule has 2 aromatic heterocycles. The molecule has 0 aliphatic carbocycles. The maximum atomic E-state index is 14.1. The highest BCUT2D eigenvalue weighted by Gasteiger charge is 2.31. The second-order valence-corrected chi connectivity index (χ2v) is 9.40. The normalized spacial score (nSPS) is 11.2. The van der Waals surface area contributed by atoms with Gasteiger partial charge in [0.15, 0.2) is 5.13 Å². The van der Waals surface area contributed by atoms with Crippen molar-refractivity contribution < 1.29 is 9.32 Å². The fraction of sp³-hybridized carbons (Fsp3) is 0.0417. The number of amides is 1. The summed E-state index contributed by atoms with van der Waals surface area (Å²) in [5.74, 6) is -0.0554. The fourth-order valence-corrected chi connectivity index (χ4v) is 5.26. The average molecular weight is 515 g/mol. The number of benzene rings is 3. The predicted molar refractivity (Wildman–Crippen MR) is 134 cm³/mol. The minimum atomic E-state index is -0.388. The van der Waals surface area contributed by atoms with Crippen LogP contribution in [-0.4, -0.2) is 16.0 Å². The van der Waals surface area contributed by atoms with Crippen LogP contribution in [0.2, 0.25) is 15.1 Å². The minimum absolute atomic E-state index is 0.240. The first kappa shape index (κ1) is 21.9. The predicted octanol–water partition coefficient (Wildman–Crippen LogP) is 8.20. The van der Waals surface area contributed by atoms with Gasteiger partial charge in [0.25, 0.3) is 5.91 Å². The molecule has 164 valence electrons. The molecule has 9 heteroatoms. The molecule has 5 nitrogen and oxygen atoms in total. The zero-order valence-corrected chi connectivity index (χ0v) is 20.1. The number of aromatic nitrogens is 2. The number of hydrogen-bond acceptors (Lipinski definition) is 5. The SMILES string of the molecule is Cc1onc(-c2c(Cl)cccc2Cl)c1C(=O)N(c1cccc(Cl)c1)c1nc2ccccc2s1. The van der Waals surface area contributed by atoms with Gasteiger partial charge < -0.3 is 4.52 Å². The van der Waals surface area contributed by atoms with Gasteiger partial charge in [0.05, 0.1) is 25.9 Å². The van der Waals surface area contributed by atoms with E-state index >= 15 is 0 Å². The number of thiazole rings is 1. The highest BCUT2D eigenvalue weighted by atomic mass is 35.5. The standard InChI is InChI=1S/C24H14Cl3N3O2S/c1-13-20(22(29-32-13)21-16(26)8-5-9-17(21)27)23(31)30(15-7-4-6-14(25)12-15)24-28-18-10-2-3-11-19(18)33-24/h2-12H,1H3. The van der Waals surface area contributed by atoms with Gasteiger partial charge in [-0.2, -0.15) is 0 Å². The monoisotopic (exact) mass is 513 g/mol. The Morgan fingerprint density at radius 3 is 2.42 bits per heavy atom. The summed E-state index contributed by atoms with van der Waals surface area (Å²) in [5, 5.41) is 5.82. The molecule has 0 N–H and O–H groups in total. The van der Waals surface area contributed by atoms with Crippen molar-refractivity contribution in [2.45, 2.75) is 6.92 Å². The smallest absolute Gasteiger partial charge is 0.270 e. The summed E-state index contributed by atoms with van der Waals surface area (Å²) in [6.07, 6.45) is 0.